The molecule has 1 unspecified atom stereocenters. The molecule has 16 heavy (non-hydrogen) atoms. The van der Waals surface area contributed by atoms with E-state index in [1.54, 1.807) is 0 Å². The second kappa shape index (κ2) is 3.59. The molecule has 2 N–H and O–H groups in total. The Hall–Kier alpha value is -1.35. The second-order valence-corrected chi connectivity index (χ2v) is 4.57. The smallest absolute Gasteiger partial charge is 0.212 e. The molecule has 1 aliphatic carbocycles. The number of nitrogens with two attached hydrogens (primary N) is 1. The predicted molar refractivity (Wildman–Crippen MR) is 63.0 cm³/mol. The van der Waals surface area contributed by atoms with Gasteiger partial charge < -0.3 is 10.2 Å². The van der Waals surface area contributed by atoms with Crippen LogP contribution < -0.4 is 5.73 Å². The van der Waals surface area contributed by atoms with E-state index >= 15 is 0 Å². The lowest BCUT2D eigenvalue weighted by atomic mass is 10.1. The second-order valence-electron chi connectivity index (χ2n) is 4.57. The fraction of sp³-hybridized carbons (Fsp3) is 0.462. The molecule has 0 bridgehead atoms. The number of hydrogen-bond donors (Lipinski definition) is 1. The maximum Gasteiger partial charge on any atom is 0.212 e. The van der Waals surface area contributed by atoms with E-state index in [0.29, 0.717) is 11.8 Å². The van der Waals surface area contributed by atoms with Crippen LogP contribution in [0.25, 0.3) is 11.1 Å². The van der Waals surface area contributed by atoms with Gasteiger partial charge in [-0.15, -0.1) is 0 Å². The zero-order chi connectivity index (χ0) is 11.1. The summed E-state index contributed by atoms with van der Waals surface area (Å²) in [6, 6.07) is 6.14. The summed E-state index contributed by atoms with van der Waals surface area (Å²) in [5.74, 6) is 1.28. The highest BCUT2D eigenvalue weighted by atomic mass is 16.3. The molecule has 0 saturated heterocycles. The first-order chi connectivity index (χ1) is 7.78. The van der Waals surface area contributed by atoms with Gasteiger partial charge in [0.1, 0.15) is 5.52 Å². The molecule has 3 nitrogen and oxygen atoms in total. The number of oxazole rings is 1. The van der Waals surface area contributed by atoms with Crippen LogP contribution in [0.3, 0.4) is 0 Å². The van der Waals surface area contributed by atoms with Crippen LogP contribution in [-0.4, -0.2) is 4.98 Å². The van der Waals surface area contributed by atoms with Crippen LogP contribution in [0, 0.1) is 5.92 Å². The maximum atomic E-state index is 6.08. The van der Waals surface area contributed by atoms with Crippen molar-refractivity contribution in [3.63, 3.8) is 0 Å². The lowest BCUT2D eigenvalue weighted by molar-refractivity contribution is 0.448. The van der Waals surface area contributed by atoms with Gasteiger partial charge in [0.05, 0.1) is 6.04 Å². The zero-order valence-electron chi connectivity index (χ0n) is 9.44. The summed E-state index contributed by atoms with van der Waals surface area (Å²) in [7, 11) is 0. The Balaban J connectivity index is 2.01. The van der Waals surface area contributed by atoms with Gasteiger partial charge in [-0.1, -0.05) is 13.0 Å². The van der Waals surface area contributed by atoms with Crippen molar-refractivity contribution in [2.45, 2.75) is 32.2 Å². The normalized spacial score (nSPS) is 17.9. The number of aromatic nitrogens is 1. The molecule has 1 aromatic heterocycles. The summed E-state index contributed by atoms with van der Waals surface area (Å²) >= 11 is 0. The van der Waals surface area contributed by atoms with Gasteiger partial charge in [0.25, 0.3) is 0 Å². The third kappa shape index (κ3) is 1.61. The topological polar surface area (TPSA) is 52.0 Å². The van der Waals surface area contributed by atoms with Crippen molar-refractivity contribution in [3.8, 4) is 0 Å². The van der Waals surface area contributed by atoms with Crippen molar-refractivity contribution < 1.29 is 4.42 Å². The number of nitrogens with zero attached hydrogens (tertiary/aromatic N) is 1. The molecule has 84 valence electrons. The summed E-state index contributed by atoms with van der Waals surface area (Å²) in [4.78, 5) is 4.49. The van der Waals surface area contributed by atoms with E-state index in [2.05, 4.69) is 24.0 Å². The summed E-state index contributed by atoms with van der Waals surface area (Å²) in [6.07, 6.45) is 3.44. The van der Waals surface area contributed by atoms with Crippen LogP contribution >= 0.6 is 0 Å². The molecule has 1 heterocycles. The van der Waals surface area contributed by atoms with Crippen molar-refractivity contribution in [1.82, 2.24) is 4.98 Å². The summed E-state index contributed by atoms with van der Waals surface area (Å²) in [5, 5.41) is 0. The van der Waals surface area contributed by atoms with Crippen LogP contribution in [-0.2, 0) is 6.42 Å². The van der Waals surface area contributed by atoms with Gasteiger partial charge >= 0.3 is 0 Å². The molecule has 3 heteroatoms. The van der Waals surface area contributed by atoms with Gasteiger partial charge in [-0.3, -0.25) is 0 Å². The largest absolute Gasteiger partial charge is 0.439 e. The first-order valence-electron chi connectivity index (χ1n) is 5.93. The predicted octanol–water partition coefficient (Wildman–Crippen LogP) is 2.80. The van der Waals surface area contributed by atoms with Crippen molar-refractivity contribution >= 4 is 11.1 Å². The van der Waals surface area contributed by atoms with Crippen LogP contribution in [0.2, 0.25) is 0 Å². The Bertz CT molecular complexity index is 514. The molecule has 3 rings (SSSR count). The molecule has 1 atom stereocenters. The Morgan fingerprint density at radius 2 is 2.31 bits per heavy atom. The molecule has 2 aromatic rings. The molecular formula is C13H16N2O. The van der Waals surface area contributed by atoms with Gasteiger partial charge in [-0.25, -0.2) is 4.98 Å². The van der Waals surface area contributed by atoms with Crippen LogP contribution in [0.15, 0.2) is 22.6 Å². The monoisotopic (exact) mass is 216 g/mol. The van der Waals surface area contributed by atoms with Gasteiger partial charge in [0, 0.05) is 0 Å². The van der Waals surface area contributed by atoms with Crippen LogP contribution in [0.5, 0.6) is 0 Å². The maximum absolute atomic E-state index is 6.08. The van der Waals surface area contributed by atoms with Crippen molar-refractivity contribution in [2.24, 2.45) is 11.7 Å². The first-order valence-corrected chi connectivity index (χ1v) is 5.93. The third-order valence-electron chi connectivity index (χ3n) is 3.29. The standard InChI is InChI=1S/C13H16N2O/c1-2-8-3-6-11-10(7-8)15-13(16-11)12(14)9-4-5-9/h3,6-7,9,12H,2,4-5,14H2,1H3. The Labute approximate surface area is 94.7 Å². The number of aryl methyl sites for hydroxylation is 1. The Morgan fingerprint density at radius 1 is 1.50 bits per heavy atom. The lowest BCUT2D eigenvalue weighted by Crippen LogP contribution is -2.12. The average molecular weight is 216 g/mol. The summed E-state index contributed by atoms with van der Waals surface area (Å²) in [6.45, 7) is 2.14. The van der Waals surface area contributed by atoms with E-state index in [9.17, 15) is 0 Å². The molecule has 1 aromatic carbocycles. The van der Waals surface area contributed by atoms with E-state index in [1.807, 2.05) is 6.07 Å². The Morgan fingerprint density at radius 3 is 3.00 bits per heavy atom. The van der Waals surface area contributed by atoms with Crippen molar-refractivity contribution in [1.29, 1.82) is 0 Å². The highest BCUT2D eigenvalue weighted by Gasteiger charge is 2.32. The minimum absolute atomic E-state index is 0.0162. The van der Waals surface area contributed by atoms with Gasteiger partial charge in [-0.2, -0.15) is 0 Å². The van der Waals surface area contributed by atoms with E-state index in [4.69, 9.17) is 10.2 Å². The summed E-state index contributed by atoms with van der Waals surface area (Å²) < 4.78 is 5.69. The lowest BCUT2D eigenvalue weighted by Gasteiger charge is -2.02. The van der Waals surface area contributed by atoms with E-state index in [-0.39, 0.29) is 6.04 Å². The highest BCUT2D eigenvalue weighted by molar-refractivity contribution is 5.73. The SMILES string of the molecule is CCc1ccc2oc(C(N)C3CC3)nc2c1. The van der Waals surface area contributed by atoms with Crippen molar-refractivity contribution in [2.75, 3.05) is 0 Å². The van der Waals surface area contributed by atoms with Crippen molar-refractivity contribution in [3.05, 3.63) is 29.7 Å². The van der Waals surface area contributed by atoms with Crippen LogP contribution in [0.1, 0.15) is 37.3 Å². The fourth-order valence-electron chi connectivity index (χ4n) is 2.01. The summed E-state index contributed by atoms with van der Waals surface area (Å²) in [5.41, 5.74) is 9.15. The van der Waals surface area contributed by atoms with Gasteiger partial charge in [0.2, 0.25) is 5.89 Å². The van der Waals surface area contributed by atoms with E-state index in [1.165, 1.54) is 18.4 Å². The van der Waals surface area contributed by atoms with E-state index < -0.39 is 0 Å². The minimum atomic E-state index is -0.0162. The zero-order valence-corrected chi connectivity index (χ0v) is 9.44. The quantitative estimate of drug-likeness (QED) is 0.858. The van der Waals surface area contributed by atoms with E-state index in [0.717, 1.165) is 17.5 Å². The molecule has 1 saturated carbocycles. The third-order valence-corrected chi connectivity index (χ3v) is 3.29. The molecule has 1 fully saturated rings. The molecular weight excluding hydrogens is 200 g/mol. The average Bonchev–Trinajstić information content (AvgIpc) is 3.06. The Kier molecular flexibility index (Phi) is 2.21. The minimum Gasteiger partial charge on any atom is -0.439 e. The highest BCUT2D eigenvalue weighted by Crippen LogP contribution is 2.39. The van der Waals surface area contributed by atoms with Crippen LogP contribution in [0.4, 0.5) is 0 Å². The first kappa shape index (κ1) is 9.85. The molecule has 0 aliphatic heterocycles. The number of rotatable bonds is 3. The number of hydrogen-bond acceptors (Lipinski definition) is 3. The van der Waals surface area contributed by atoms with Gasteiger partial charge in [0.15, 0.2) is 5.58 Å². The molecule has 0 amide bonds. The fourth-order valence-corrected chi connectivity index (χ4v) is 2.01. The molecule has 0 spiro atoms. The number of fused-ring (bicyclic) bond motifs is 1. The number of benzene rings is 1. The van der Waals surface area contributed by atoms with Gasteiger partial charge in [-0.05, 0) is 42.9 Å². The molecule has 0 radical (unpaired) electrons. The molecule has 1 aliphatic rings.